The number of fused-ring (bicyclic) bond motifs is 1. The molecule has 0 bridgehead atoms. The van der Waals surface area contributed by atoms with Crippen LogP contribution in [0.25, 0.3) is 21.6 Å². The van der Waals surface area contributed by atoms with E-state index in [1.54, 1.807) is 11.3 Å². The smallest absolute Gasteiger partial charge is 0.254 e. The van der Waals surface area contributed by atoms with Gasteiger partial charge in [-0.2, -0.15) is 0 Å². The van der Waals surface area contributed by atoms with E-state index in [2.05, 4.69) is 32.7 Å². The minimum absolute atomic E-state index is 0.0626. The quantitative estimate of drug-likeness (QED) is 0.483. The molecule has 3 heterocycles. The number of thiazole rings is 1. The number of amides is 1. The molecule has 4 aromatic rings. The van der Waals surface area contributed by atoms with Gasteiger partial charge < -0.3 is 4.90 Å². The molecule has 0 saturated carbocycles. The Morgan fingerprint density at radius 2 is 1.87 bits per heavy atom. The van der Waals surface area contributed by atoms with Gasteiger partial charge in [-0.25, -0.2) is 9.67 Å². The van der Waals surface area contributed by atoms with Crippen LogP contribution in [0.1, 0.15) is 23.0 Å². The van der Waals surface area contributed by atoms with Gasteiger partial charge in [0.15, 0.2) is 0 Å². The molecule has 1 aliphatic rings. The van der Waals surface area contributed by atoms with Crippen molar-refractivity contribution in [2.24, 2.45) is 0 Å². The third kappa shape index (κ3) is 4.08. The average Bonchev–Trinajstić information content (AvgIpc) is 3.46. The Balaban J connectivity index is 1.19. The molecule has 5 rings (SSSR count). The van der Waals surface area contributed by atoms with Gasteiger partial charge in [0, 0.05) is 55.8 Å². The van der Waals surface area contributed by atoms with Crippen molar-refractivity contribution in [3.8, 4) is 10.6 Å². The summed E-state index contributed by atoms with van der Waals surface area (Å²) in [4.78, 5) is 22.1. The zero-order chi connectivity index (χ0) is 21.2. The summed E-state index contributed by atoms with van der Waals surface area (Å²) in [5, 5.41) is 11.5. The van der Waals surface area contributed by atoms with Gasteiger partial charge in [0.05, 0.1) is 11.2 Å². The molecule has 8 heteroatoms. The van der Waals surface area contributed by atoms with E-state index in [-0.39, 0.29) is 5.91 Å². The Morgan fingerprint density at radius 3 is 2.65 bits per heavy atom. The molecule has 1 saturated heterocycles. The molecule has 0 aliphatic carbocycles. The fraction of sp³-hybridized carbons (Fsp3) is 0.304. The minimum Gasteiger partial charge on any atom is -0.336 e. The number of piperazine rings is 1. The molecule has 2 aromatic carbocycles. The number of carbonyl (C=O) groups excluding carboxylic acids is 1. The van der Waals surface area contributed by atoms with Crippen molar-refractivity contribution in [1.29, 1.82) is 0 Å². The van der Waals surface area contributed by atoms with Crippen LogP contribution in [0.4, 0.5) is 0 Å². The molecule has 1 amide bonds. The van der Waals surface area contributed by atoms with Crippen molar-refractivity contribution in [1.82, 2.24) is 29.8 Å². The molecular formula is C23H24N6OS. The zero-order valence-electron chi connectivity index (χ0n) is 17.4. The number of carbonyl (C=O) groups is 1. The molecule has 2 aromatic heterocycles. The highest BCUT2D eigenvalue weighted by molar-refractivity contribution is 7.13. The summed E-state index contributed by atoms with van der Waals surface area (Å²) in [6.45, 7) is 6.73. The second kappa shape index (κ2) is 8.56. The number of hydrogen-bond donors (Lipinski definition) is 0. The fourth-order valence-corrected chi connectivity index (χ4v) is 4.77. The van der Waals surface area contributed by atoms with Crippen LogP contribution >= 0.6 is 11.3 Å². The van der Waals surface area contributed by atoms with E-state index in [1.807, 2.05) is 52.9 Å². The lowest BCUT2D eigenvalue weighted by atomic mass is 10.1. The molecule has 1 aliphatic heterocycles. The molecule has 0 atom stereocenters. The standard InChI is InChI=1S/C23H24N6OS/c1-2-29-21-9-8-18(14-20(21)25-26-29)23(30)28-12-10-27(11-13-28)15-19-16-31-22(24-19)17-6-4-3-5-7-17/h3-9,14,16H,2,10-13,15H2,1H3. The first-order valence-electron chi connectivity index (χ1n) is 10.6. The van der Waals surface area contributed by atoms with E-state index >= 15 is 0 Å². The summed E-state index contributed by atoms with van der Waals surface area (Å²) < 4.78 is 1.84. The van der Waals surface area contributed by atoms with Gasteiger partial charge in [-0.1, -0.05) is 35.5 Å². The van der Waals surface area contributed by atoms with Crippen LogP contribution in [-0.4, -0.2) is 61.9 Å². The molecule has 0 unspecified atom stereocenters. The largest absolute Gasteiger partial charge is 0.336 e. The monoisotopic (exact) mass is 432 g/mol. The normalized spacial score (nSPS) is 14.9. The lowest BCUT2D eigenvalue weighted by Gasteiger charge is -2.34. The van der Waals surface area contributed by atoms with E-state index in [9.17, 15) is 4.79 Å². The SMILES string of the molecule is CCn1nnc2cc(C(=O)N3CCN(Cc4csc(-c5ccccc5)n4)CC3)ccc21. The van der Waals surface area contributed by atoms with Crippen LogP contribution in [0.15, 0.2) is 53.9 Å². The molecule has 0 N–H and O–H groups in total. The zero-order valence-corrected chi connectivity index (χ0v) is 18.3. The maximum Gasteiger partial charge on any atom is 0.254 e. The highest BCUT2D eigenvalue weighted by Crippen LogP contribution is 2.24. The van der Waals surface area contributed by atoms with Crippen molar-refractivity contribution < 1.29 is 4.79 Å². The summed E-state index contributed by atoms with van der Waals surface area (Å²) in [7, 11) is 0. The van der Waals surface area contributed by atoms with Crippen molar-refractivity contribution in [3.63, 3.8) is 0 Å². The predicted octanol–water partition coefficient (Wildman–Crippen LogP) is 3.53. The van der Waals surface area contributed by atoms with Crippen molar-refractivity contribution in [3.05, 3.63) is 65.2 Å². The summed E-state index contributed by atoms with van der Waals surface area (Å²) in [6.07, 6.45) is 0. The number of hydrogen-bond acceptors (Lipinski definition) is 6. The van der Waals surface area contributed by atoms with Crippen LogP contribution in [0, 0.1) is 0 Å². The van der Waals surface area contributed by atoms with E-state index in [1.165, 1.54) is 0 Å². The van der Waals surface area contributed by atoms with Crippen molar-refractivity contribution >= 4 is 28.3 Å². The van der Waals surface area contributed by atoms with Crippen molar-refractivity contribution in [2.75, 3.05) is 26.2 Å². The summed E-state index contributed by atoms with van der Waals surface area (Å²) >= 11 is 1.68. The van der Waals surface area contributed by atoms with Crippen LogP contribution < -0.4 is 0 Å². The van der Waals surface area contributed by atoms with Crippen LogP contribution in [0.2, 0.25) is 0 Å². The van der Waals surface area contributed by atoms with Crippen LogP contribution in [0.3, 0.4) is 0 Å². The molecule has 7 nitrogen and oxygen atoms in total. The van der Waals surface area contributed by atoms with Gasteiger partial charge in [0.25, 0.3) is 5.91 Å². The first-order chi connectivity index (χ1) is 15.2. The van der Waals surface area contributed by atoms with Crippen molar-refractivity contribution in [2.45, 2.75) is 20.0 Å². The molecule has 158 valence electrons. The molecule has 1 fully saturated rings. The van der Waals surface area contributed by atoms with E-state index in [4.69, 9.17) is 4.98 Å². The number of aromatic nitrogens is 4. The number of benzene rings is 2. The topological polar surface area (TPSA) is 67.2 Å². The Labute approximate surface area is 184 Å². The second-order valence-corrected chi connectivity index (χ2v) is 8.55. The fourth-order valence-electron chi connectivity index (χ4n) is 3.95. The second-order valence-electron chi connectivity index (χ2n) is 7.69. The van der Waals surface area contributed by atoms with Crippen LogP contribution in [0.5, 0.6) is 0 Å². The van der Waals surface area contributed by atoms with E-state index < -0.39 is 0 Å². The average molecular weight is 433 g/mol. The minimum atomic E-state index is 0.0626. The van der Waals surface area contributed by atoms with E-state index in [0.717, 1.165) is 53.5 Å². The predicted molar refractivity (Wildman–Crippen MR) is 122 cm³/mol. The maximum atomic E-state index is 13.0. The Morgan fingerprint density at radius 1 is 1.06 bits per heavy atom. The number of rotatable bonds is 5. The van der Waals surface area contributed by atoms with Gasteiger partial charge in [-0.3, -0.25) is 9.69 Å². The van der Waals surface area contributed by atoms with Crippen LogP contribution in [-0.2, 0) is 13.1 Å². The van der Waals surface area contributed by atoms with Gasteiger partial charge in [0.2, 0.25) is 0 Å². The molecule has 0 spiro atoms. The number of nitrogens with zero attached hydrogens (tertiary/aromatic N) is 6. The summed E-state index contributed by atoms with van der Waals surface area (Å²) in [5.74, 6) is 0.0626. The molecule has 31 heavy (non-hydrogen) atoms. The highest BCUT2D eigenvalue weighted by atomic mass is 32.1. The third-order valence-corrected chi connectivity index (χ3v) is 6.62. The molecule has 0 radical (unpaired) electrons. The number of aryl methyl sites for hydroxylation is 1. The lowest BCUT2D eigenvalue weighted by Crippen LogP contribution is -2.48. The third-order valence-electron chi connectivity index (χ3n) is 5.68. The summed E-state index contributed by atoms with van der Waals surface area (Å²) in [6, 6.07) is 15.9. The van der Waals surface area contributed by atoms with Gasteiger partial charge in [-0.05, 0) is 25.1 Å². The maximum absolute atomic E-state index is 13.0. The Bertz CT molecular complexity index is 1190. The Kier molecular flexibility index (Phi) is 5.48. The van der Waals surface area contributed by atoms with Gasteiger partial charge in [-0.15, -0.1) is 16.4 Å². The first-order valence-corrected chi connectivity index (χ1v) is 11.4. The van der Waals surface area contributed by atoms with E-state index in [0.29, 0.717) is 18.7 Å². The molecular weight excluding hydrogens is 408 g/mol. The first kappa shape index (κ1) is 19.8. The van der Waals surface area contributed by atoms with Gasteiger partial charge >= 0.3 is 0 Å². The summed E-state index contributed by atoms with van der Waals surface area (Å²) in [5.41, 5.74) is 4.65. The van der Waals surface area contributed by atoms with Gasteiger partial charge in [0.1, 0.15) is 10.5 Å². The highest BCUT2D eigenvalue weighted by Gasteiger charge is 2.23. The lowest BCUT2D eigenvalue weighted by molar-refractivity contribution is 0.0627. The Hall–Kier alpha value is -3.10.